The molecule has 1 N–H and O–H groups in total. The molecule has 1 saturated carbocycles. The Balaban J connectivity index is 1.74. The number of rotatable bonds is 7. The number of amides is 1. The Labute approximate surface area is 155 Å². The molecule has 1 aliphatic carbocycles. The second-order valence-electron chi connectivity index (χ2n) is 6.98. The number of hydrogen-bond acceptors (Lipinski definition) is 5. The van der Waals surface area contributed by atoms with E-state index >= 15 is 0 Å². The van der Waals surface area contributed by atoms with E-state index in [4.69, 9.17) is 4.74 Å². The minimum absolute atomic E-state index is 0.122. The van der Waals surface area contributed by atoms with E-state index in [0.29, 0.717) is 5.92 Å². The highest BCUT2D eigenvalue weighted by atomic mass is 32.2. The highest BCUT2D eigenvalue weighted by Crippen LogP contribution is 2.23. The number of nitrogens with one attached hydrogen (secondary N) is 1. The average Bonchev–Trinajstić information content (AvgIpc) is 2.60. The van der Waals surface area contributed by atoms with Crippen LogP contribution in [0.3, 0.4) is 0 Å². The molecule has 1 fully saturated rings. The summed E-state index contributed by atoms with van der Waals surface area (Å²) in [7, 11) is -3.54. The first-order valence-corrected chi connectivity index (χ1v) is 10.7. The molecular formula is C19H27NO5S. The normalized spacial score (nSPS) is 20.4. The molecule has 0 spiro atoms. The van der Waals surface area contributed by atoms with Gasteiger partial charge in [-0.05, 0) is 37.8 Å². The van der Waals surface area contributed by atoms with Crippen molar-refractivity contribution in [1.82, 2.24) is 5.32 Å². The molecule has 7 heteroatoms. The highest BCUT2D eigenvalue weighted by molar-refractivity contribution is 7.91. The van der Waals surface area contributed by atoms with Gasteiger partial charge < -0.3 is 10.1 Å². The van der Waals surface area contributed by atoms with Gasteiger partial charge in [-0.15, -0.1) is 0 Å². The van der Waals surface area contributed by atoms with Crippen molar-refractivity contribution in [3.05, 3.63) is 29.8 Å². The van der Waals surface area contributed by atoms with Crippen molar-refractivity contribution in [3.63, 3.8) is 0 Å². The van der Waals surface area contributed by atoms with Crippen molar-refractivity contribution >= 4 is 21.7 Å². The van der Waals surface area contributed by atoms with Crippen LogP contribution in [-0.2, 0) is 24.2 Å². The van der Waals surface area contributed by atoms with Crippen LogP contribution in [-0.4, -0.2) is 38.7 Å². The van der Waals surface area contributed by atoms with Crippen molar-refractivity contribution < 1.29 is 22.7 Å². The number of sulfone groups is 1. The number of carbonyl (C=O) groups is 2. The van der Waals surface area contributed by atoms with Crippen molar-refractivity contribution in [3.8, 4) is 0 Å². The summed E-state index contributed by atoms with van der Waals surface area (Å²) < 4.78 is 29.3. The average molecular weight is 381 g/mol. The molecule has 0 aliphatic heterocycles. The monoisotopic (exact) mass is 381 g/mol. The quantitative estimate of drug-likeness (QED) is 0.733. The molecule has 1 aromatic rings. The zero-order valence-corrected chi connectivity index (χ0v) is 16.2. The van der Waals surface area contributed by atoms with E-state index in [1.54, 1.807) is 12.1 Å². The van der Waals surface area contributed by atoms with Gasteiger partial charge in [0.25, 0.3) is 5.91 Å². The summed E-state index contributed by atoms with van der Waals surface area (Å²) in [6, 6.07) is 6.59. The lowest BCUT2D eigenvalue weighted by atomic mass is 9.86. The fourth-order valence-electron chi connectivity index (χ4n) is 3.08. The molecule has 0 bridgehead atoms. The van der Waals surface area contributed by atoms with Gasteiger partial charge in [0.15, 0.2) is 16.4 Å². The second kappa shape index (κ2) is 9.16. The molecule has 26 heavy (non-hydrogen) atoms. The smallest absolute Gasteiger partial charge is 0.307 e. The molecule has 0 saturated heterocycles. The minimum atomic E-state index is -3.54. The van der Waals surface area contributed by atoms with Gasteiger partial charge in [0.05, 0.1) is 17.1 Å². The molecule has 0 heterocycles. The fraction of sp³-hybridized carbons (Fsp3) is 0.579. The lowest BCUT2D eigenvalue weighted by Crippen LogP contribution is -2.42. The van der Waals surface area contributed by atoms with E-state index in [-0.39, 0.29) is 35.6 Å². The van der Waals surface area contributed by atoms with Crippen molar-refractivity contribution in [2.24, 2.45) is 5.92 Å². The standard InChI is InChI=1S/C19H27NO5S/c1-14-7-9-16(10-8-14)26(23,24)12-11-19(22)25-13-18(21)20-17-6-4-3-5-15(17)2/h7-10,15,17H,3-6,11-13H2,1-2H3,(H,20,21)/t15-,17+/m1/s1. The molecule has 2 atom stereocenters. The molecule has 0 radical (unpaired) electrons. The van der Waals surface area contributed by atoms with Crippen LogP contribution in [0.1, 0.15) is 44.6 Å². The van der Waals surface area contributed by atoms with E-state index in [2.05, 4.69) is 12.2 Å². The molecule has 1 aliphatic rings. The van der Waals surface area contributed by atoms with Crippen LogP contribution in [0.2, 0.25) is 0 Å². The minimum Gasteiger partial charge on any atom is -0.456 e. The van der Waals surface area contributed by atoms with Crippen molar-refractivity contribution in [2.75, 3.05) is 12.4 Å². The molecule has 0 aromatic heterocycles. The number of ether oxygens (including phenoxy) is 1. The Morgan fingerprint density at radius 3 is 2.46 bits per heavy atom. The Morgan fingerprint density at radius 2 is 1.81 bits per heavy atom. The maximum atomic E-state index is 12.2. The summed E-state index contributed by atoms with van der Waals surface area (Å²) in [5.74, 6) is -0.940. The van der Waals surface area contributed by atoms with Crippen LogP contribution >= 0.6 is 0 Å². The molecule has 2 rings (SSSR count). The van der Waals surface area contributed by atoms with Crippen molar-refractivity contribution in [2.45, 2.75) is 56.9 Å². The van der Waals surface area contributed by atoms with Crippen molar-refractivity contribution in [1.29, 1.82) is 0 Å². The Bertz CT molecular complexity index is 727. The second-order valence-corrected chi connectivity index (χ2v) is 9.09. The lowest BCUT2D eigenvalue weighted by molar-refractivity contribution is -0.148. The zero-order valence-electron chi connectivity index (χ0n) is 15.4. The maximum Gasteiger partial charge on any atom is 0.307 e. The van der Waals surface area contributed by atoms with Gasteiger partial charge in [0.2, 0.25) is 0 Å². The summed E-state index contributed by atoms with van der Waals surface area (Å²) in [6.45, 7) is 3.60. The Kier molecular flexibility index (Phi) is 7.20. The molecule has 0 unspecified atom stereocenters. The predicted molar refractivity (Wildman–Crippen MR) is 98.4 cm³/mol. The summed E-state index contributed by atoms with van der Waals surface area (Å²) in [5, 5.41) is 2.89. The largest absolute Gasteiger partial charge is 0.456 e. The first-order chi connectivity index (χ1) is 12.3. The third-order valence-corrected chi connectivity index (χ3v) is 6.51. The van der Waals surface area contributed by atoms with E-state index in [1.165, 1.54) is 18.6 Å². The van der Waals surface area contributed by atoms with E-state index < -0.39 is 15.8 Å². The van der Waals surface area contributed by atoms with E-state index in [0.717, 1.165) is 24.8 Å². The maximum absolute atomic E-state index is 12.2. The van der Waals surface area contributed by atoms with Gasteiger partial charge in [-0.25, -0.2) is 8.42 Å². The van der Waals surface area contributed by atoms with Crippen LogP contribution in [0.5, 0.6) is 0 Å². The molecular weight excluding hydrogens is 354 g/mol. The third-order valence-electron chi connectivity index (χ3n) is 4.78. The van der Waals surface area contributed by atoms with Crippen LogP contribution in [0.15, 0.2) is 29.2 Å². The first kappa shape index (κ1) is 20.4. The topological polar surface area (TPSA) is 89.5 Å². The van der Waals surface area contributed by atoms with Gasteiger partial charge in [-0.2, -0.15) is 0 Å². The summed E-state index contributed by atoms with van der Waals surface area (Å²) >= 11 is 0. The number of hydrogen-bond donors (Lipinski definition) is 1. The van der Waals surface area contributed by atoms with Crippen LogP contribution in [0.4, 0.5) is 0 Å². The lowest BCUT2D eigenvalue weighted by Gasteiger charge is -2.29. The van der Waals surface area contributed by atoms with Crippen LogP contribution in [0, 0.1) is 12.8 Å². The Morgan fingerprint density at radius 1 is 1.15 bits per heavy atom. The van der Waals surface area contributed by atoms with E-state index in [9.17, 15) is 18.0 Å². The van der Waals surface area contributed by atoms with Gasteiger partial charge >= 0.3 is 5.97 Å². The number of esters is 1. The number of aryl methyl sites for hydroxylation is 1. The van der Waals surface area contributed by atoms with Crippen LogP contribution in [0.25, 0.3) is 0 Å². The highest BCUT2D eigenvalue weighted by Gasteiger charge is 2.23. The predicted octanol–water partition coefficient (Wildman–Crippen LogP) is 2.40. The van der Waals surface area contributed by atoms with Crippen LogP contribution < -0.4 is 5.32 Å². The zero-order chi connectivity index (χ0) is 19.2. The molecule has 6 nitrogen and oxygen atoms in total. The molecule has 1 aromatic carbocycles. The number of benzene rings is 1. The summed E-state index contributed by atoms with van der Waals surface area (Å²) in [4.78, 5) is 23.9. The van der Waals surface area contributed by atoms with Gasteiger partial charge in [-0.1, -0.05) is 37.5 Å². The molecule has 1 amide bonds. The van der Waals surface area contributed by atoms with E-state index in [1.807, 2.05) is 6.92 Å². The first-order valence-electron chi connectivity index (χ1n) is 9.02. The summed E-state index contributed by atoms with van der Waals surface area (Å²) in [6.07, 6.45) is 4.02. The van der Waals surface area contributed by atoms with Gasteiger partial charge in [0.1, 0.15) is 0 Å². The third kappa shape index (κ3) is 6.12. The van der Waals surface area contributed by atoms with Gasteiger partial charge in [-0.3, -0.25) is 9.59 Å². The SMILES string of the molecule is Cc1ccc(S(=O)(=O)CCC(=O)OCC(=O)N[C@H]2CCCC[C@H]2C)cc1. The fourth-order valence-corrected chi connectivity index (χ4v) is 4.30. The number of carbonyl (C=O) groups excluding carboxylic acids is 2. The molecule has 144 valence electrons. The Hall–Kier alpha value is -1.89. The van der Waals surface area contributed by atoms with Gasteiger partial charge in [0, 0.05) is 6.04 Å². The summed E-state index contributed by atoms with van der Waals surface area (Å²) in [5.41, 5.74) is 0.960.